The van der Waals surface area contributed by atoms with Gasteiger partial charge in [0.05, 0.1) is 10.9 Å². The van der Waals surface area contributed by atoms with Crippen LogP contribution in [0.1, 0.15) is 91.2 Å². The molecule has 0 bridgehead atoms. The van der Waals surface area contributed by atoms with Gasteiger partial charge >= 0.3 is 0 Å². The predicted octanol–water partition coefficient (Wildman–Crippen LogP) is 8.36. The van der Waals surface area contributed by atoms with Crippen LogP contribution < -0.4 is 4.57 Å². The lowest BCUT2D eigenvalue weighted by molar-refractivity contribution is -0.763. The third-order valence-electron chi connectivity index (χ3n) is 8.56. The number of rotatable bonds is 7. The Morgan fingerprint density at radius 2 is 1.72 bits per heavy atom. The molecule has 0 saturated heterocycles. The minimum Gasteiger partial charge on any atom is -0.192 e. The predicted molar refractivity (Wildman–Crippen MR) is 138 cm³/mol. The van der Waals surface area contributed by atoms with Crippen LogP contribution in [0.2, 0.25) is 0 Å². The van der Waals surface area contributed by atoms with Crippen LogP contribution in [0.4, 0.5) is 0 Å². The van der Waals surface area contributed by atoms with Gasteiger partial charge in [-0.25, -0.2) is 0 Å². The Kier molecular flexibility index (Phi) is 6.48. The van der Waals surface area contributed by atoms with Crippen molar-refractivity contribution in [1.82, 2.24) is 0 Å². The molecule has 1 aliphatic rings. The van der Waals surface area contributed by atoms with Crippen molar-refractivity contribution in [3.8, 4) is 11.3 Å². The van der Waals surface area contributed by atoms with Gasteiger partial charge in [-0.3, -0.25) is 0 Å². The van der Waals surface area contributed by atoms with E-state index < -0.39 is 0 Å². The molecule has 1 nitrogen and oxygen atoms in total. The number of hydrogen-bond acceptors (Lipinski definition) is 0. The monoisotopic (exact) mass is 428 g/mol. The lowest BCUT2D eigenvalue weighted by atomic mass is 9.77. The normalized spacial score (nSPS) is 17.6. The zero-order valence-corrected chi connectivity index (χ0v) is 21.2. The molecule has 0 amide bonds. The summed E-state index contributed by atoms with van der Waals surface area (Å²) in [5, 5.41) is 2.77. The first-order valence-corrected chi connectivity index (χ1v) is 13.0. The van der Waals surface area contributed by atoms with Crippen molar-refractivity contribution in [2.24, 2.45) is 5.92 Å². The number of aromatic nitrogens is 1. The van der Waals surface area contributed by atoms with Gasteiger partial charge in [-0.2, -0.15) is 4.57 Å². The van der Waals surface area contributed by atoms with E-state index in [0.717, 1.165) is 19.3 Å². The number of nitrogens with zero attached hydrogens (tertiary/aromatic N) is 1. The van der Waals surface area contributed by atoms with Crippen LogP contribution in [-0.2, 0) is 17.4 Å². The molecule has 32 heavy (non-hydrogen) atoms. The Morgan fingerprint density at radius 3 is 2.44 bits per heavy atom. The van der Waals surface area contributed by atoms with Crippen molar-refractivity contribution in [3.63, 3.8) is 0 Å². The Bertz CT molecular complexity index is 1090. The summed E-state index contributed by atoms with van der Waals surface area (Å²) in [5.41, 5.74) is 6.17. The molecule has 0 radical (unpaired) electrons. The van der Waals surface area contributed by atoms with E-state index in [1.165, 1.54) is 58.8 Å². The molecule has 2 aromatic carbocycles. The van der Waals surface area contributed by atoms with Crippen molar-refractivity contribution in [3.05, 3.63) is 65.9 Å². The fraction of sp³-hybridized carbons (Fsp3) is 0.516. The minimum absolute atomic E-state index is 0.153. The molecule has 1 aliphatic heterocycles. The molecule has 0 saturated carbocycles. The lowest BCUT2D eigenvalue weighted by Gasteiger charge is -2.32. The topological polar surface area (TPSA) is 3.88 Å². The van der Waals surface area contributed by atoms with Gasteiger partial charge < -0.3 is 0 Å². The highest BCUT2D eigenvalue weighted by Crippen LogP contribution is 2.41. The molecular weight excluding hydrogens is 386 g/mol. The maximum atomic E-state index is 2.65. The number of fused-ring (bicyclic) bond motifs is 5. The van der Waals surface area contributed by atoms with E-state index in [0.29, 0.717) is 5.92 Å². The van der Waals surface area contributed by atoms with Gasteiger partial charge in [0.25, 0.3) is 0 Å². The summed E-state index contributed by atoms with van der Waals surface area (Å²) in [6.07, 6.45) is 11.0. The van der Waals surface area contributed by atoms with Crippen molar-refractivity contribution < 1.29 is 4.57 Å². The summed E-state index contributed by atoms with van der Waals surface area (Å²) >= 11 is 0. The molecule has 0 fully saturated rings. The largest absolute Gasteiger partial charge is 0.221 e. The second-order valence-electron chi connectivity index (χ2n) is 10.8. The van der Waals surface area contributed by atoms with Crippen molar-refractivity contribution >= 4 is 10.8 Å². The summed E-state index contributed by atoms with van der Waals surface area (Å²) in [7, 11) is 0. The quantitative estimate of drug-likeness (QED) is 0.263. The number of unbranched alkanes of at least 4 members (excludes halogenated alkanes) is 2. The fourth-order valence-electron chi connectivity index (χ4n) is 6.28. The van der Waals surface area contributed by atoms with Crippen LogP contribution in [0.3, 0.4) is 0 Å². The second kappa shape index (κ2) is 9.00. The Hall–Kier alpha value is -2.15. The molecule has 1 heteroatoms. The highest BCUT2D eigenvalue weighted by atomic mass is 15.1. The van der Waals surface area contributed by atoms with E-state index in [-0.39, 0.29) is 11.0 Å². The van der Waals surface area contributed by atoms with Gasteiger partial charge in [-0.15, -0.1) is 0 Å². The first kappa shape index (κ1) is 23.0. The molecule has 0 spiro atoms. The zero-order chi connectivity index (χ0) is 22.9. The van der Waals surface area contributed by atoms with Crippen LogP contribution >= 0.6 is 0 Å². The molecule has 0 N–H and O–H groups in total. The van der Waals surface area contributed by atoms with E-state index in [4.69, 9.17) is 0 Å². The van der Waals surface area contributed by atoms with Crippen LogP contribution in [0.15, 0.2) is 54.7 Å². The van der Waals surface area contributed by atoms with Crippen LogP contribution in [0, 0.1) is 5.92 Å². The summed E-state index contributed by atoms with van der Waals surface area (Å²) < 4.78 is 2.65. The summed E-state index contributed by atoms with van der Waals surface area (Å²) in [5.74, 6) is 0.596. The highest BCUT2D eigenvalue weighted by Gasteiger charge is 2.46. The fourth-order valence-corrected chi connectivity index (χ4v) is 6.28. The van der Waals surface area contributed by atoms with Gasteiger partial charge in [0, 0.05) is 24.8 Å². The third kappa shape index (κ3) is 3.78. The Labute approximate surface area is 195 Å². The minimum atomic E-state index is 0.153. The first-order valence-electron chi connectivity index (χ1n) is 13.0. The van der Waals surface area contributed by atoms with Gasteiger partial charge in [-0.05, 0) is 46.9 Å². The van der Waals surface area contributed by atoms with E-state index in [1.54, 1.807) is 0 Å². The maximum absolute atomic E-state index is 2.65. The molecule has 0 aliphatic carbocycles. The molecule has 1 atom stereocenters. The molecule has 4 rings (SSSR count). The number of pyridine rings is 1. The first-order chi connectivity index (χ1) is 15.4. The van der Waals surface area contributed by atoms with Crippen LogP contribution in [0.5, 0.6) is 0 Å². The molecule has 1 aromatic heterocycles. The Morgan fingerprint density at radius 1 is 0.969 bits per heavy atom. The number of benzene rings is 2. The molecule has 1 unspecified atom stereocenters. The third-order valence-corrected chi connectivity index (χ3v) is 8.56. The summed E-state index contributed by atoms with van der Waals surface area (Å²) in [6, 6.07) is 18.8. The lowest BCUT2D eigenvalue weighted by Crippen LogP contribution is -2.60. The van der Waals surface area contributed by atoms with E-state index >= 15 is 0 Å². The van der Waals surface area contributed by atoms with Gasteiger partial charge in [0.1, 0.15) is 0 Å². The second-order valence-corrected chi connectivity index (χ2v) is 10.8. The van der Waals surface area contributed by atoms with Gasteiger partial charge in [0.2, 0.25) is 5.69 Å². The average Bonchev–Trinajstić information content (AvgIpc) is 2.90. The van der Waals surface area contributed by atoms with E-state index in [1.807, 2.05) is 0 Å². The molecule has 3 aromatic rings. The molecular formula is C31H42N+. The molecule has 2 heterocycles. The smallest absolute Gasteiger partial charge is 0.192 e. The van der Waals surface area contributed by atoms with Gasteiger partial charge in [0.15, 0.2) is 11.7 Å². The zero-order valence-electron chi connectivity index (χ0n) is 21.2. The Balaban J connectivity index is 1.93. The van der Waals surface area contributed by atoms with Crippen molar-refractivity contribution in [2.75, 3.05) is 0 Å². The van der Waals surface area contributed by atoms with Crippen LogP contribution in [0.25, 0.3) is 22.0 Å². The van der Waals surface area contributed by atoms with Gasteiger partial charge in [-0.1, -0.05) is 91.1 Å². The maximum Gasteiger partial charge on any atom is 0.221 e. The van der Waals surface area contributed by atoms with Crippen molar-refractivity contribution in [2.45, 2.75) is 97.4 Å². The SMILES string of the molecule is CCCCCC(C)(C)c1ccc2c3[n+](ccc2c1)C(CC)(CC)C(C)Cc1ccccc1-3. The highest BCUT2D eigenvalue weighted by molar-refractivity contribution is 5.94. The van der Waals surface area contributed by atoms with E-state index in [9.17, 15) is 0 Å². The van der Waals surface area contributed by atoms with Crippen molar-refractivity contribution in [1.29, 1.82) is 0 Å². The number of hydrogen-bond donors (Lipinski definition) is 0. The van der Waals surface area contributed by atoms with Crippen LogP contribution in [-0.4, -0.2) is 0 Å². The summed E-state index contributed by atoms with van der Waals surface area (Å²) in [4.78, 5) is 0. The standard InChI is InChI=1S/C31H42N/c1-7-10-13-19-30(5,6)26-16-17-28-25(22-26)18-20-32-29(28)27-15-12-11-14-24(27)21-23(4)31(32,8-2)9-3/h11-12,14-18,20,22-23H,7-10,13,19,21H2,1-6H3/q+1. The van der Waals surface area contributed by atoms with E-state index in [2.05, 4.69) is 101 Å². The molecule has 170 valence electrons. The average molecular weight is 429 g/mol. The summed E-state index contributed by atoms with van der Waals surface area (Å²) in [6.45, 7) is 14.3.